The summed E-state index contributed by atoms with van der Waals surface area (Å²) in [5.74, 6) is 0.640. The van der Waals surface area contributed by atoms with Crippen molar-refractivity contribution in [1.29, 1.82) is 0 Å². The zero-order valence-corrected chi connectivity index (χ0v) is 17.9. The molecule has 1 saturated heterocycles. The van der Waals surface area contributed by atoms with E-state index in [-0.39, 0.29) is 30.4 Å². The van der Waals surface area contributed by atoms with Crippen LogP contribution in [-0.2, 0) is 11.2 Å². The first-order chi connectivity index (χ1) is 15.0. The van der Waals surface area contributed by atoms with Crippen LogP contribution in [0.5, 0.6) is 0 Å². The van der Waals surface area contributed by atoms with E-state index in [0.29, 0.717) is 24.7 Å². The van der Waals surface area contributed by atoms with Crippen LogP contribution in [0.25, 0.3) is 11.4 Å². The van der Waals surface area contributed by atoms with Crippen molar-refractivity contribution in [2.45, 2.75) is 50.8 Å². The van der Waals surface area contributed by atoms with Crippen LogP contribution >= 0.6 is 0 Å². The van der Waals surface area contributed by atoms with Gasteiger partial charge < -0.3 is 20.4 Å². The molecule has 1 aliphatic carbocycles. The molecule has 0 spiro atoms. The summed E-state index contributed by atoms with van der Waals surface area (Å²) in [5, 5.41) is 24.3. The van der Waals surface area contributed by atoms with E-state index >= 15 is 0 Å². The van der Waals surface area contributed by atoms with Gasteiger partial charge in [-0.05, 0) is 49.8 Å². The van der Waals surface area contributed by atoms with Gasteiger partial charge in [0.2, 0.25) is 5.91 Å². The lowest BCUT2D eigenvalue weighted by molar-refractivity contribution is -0.129. The Balaban J connectivity index is 1.46. The first kappa shape index (κ1) is 21.8. The molecule has 166 valence electrons. The molecule has 2 fully saturated rings. The second-order valence-corrected chi connectivity index (χ2v) is 8.68. The Morgan fingerprint density at radius 3 is 2.71 bits per heavy atom. The number of rotatable bonds is 6. The highest BCUT2D eigenvalue weighted by Crippen LogP contribution is 2.35. The zero-order valence-electron chi connectivity index (χ0n) is 17.9. The van der Waals surface area contributed by atoms with Gasteiger partial charge in [-0.3, -0.25) is 9.78 Å². The van der Waals surface area contributed by atoms with Crippen molar-refractivity contribution in [3.05, 3.63) is 42.5 Å². The monoisotopic (exact) mass is 425 g/mol. The average molecular weight is 426 g/mol. The van der Waals surface area contributed by atoms with Crippen LogP contribution in [0, 0.1) is 11.8 Å². The number of nitrogens with zero attached hydrogens (tertiary/aromatic N) is 4. The van der Waals surface area contributed by atoms with E-state index in [1.165, 1.54) is 0 Å². The van der Waals surface area contributed by atoms with Gasteiger partial charge >= 0.3 is 0 Å². The van der Waals surface area contributed by atoms with Crippen molar-refractivity contribution in [3.8, 4) is 11.4 Å². The molecule has 0 radical (unpaired) electrons. The molecule has 3 heterocycles. The van der Waals surface area contributed by atoms with Gasteiger partial charge in [-0.25, -0.2) is 9.97 Å². The molecule has 8 nitrogen and oxygen atoms in total. The molecule has 8 heteroatoms. The average Bonchev–Trinajstić information content (AvgIpc) is 3.08. The number of nitrogens with one attached hydrogen (secondary N) is 1. The van der Waals surface area contributed by atoms with Crippen molar-refractivity contribution in [2.24, 2.45) is 11.8 Å². The molecule has 4 rings (SSSR count). The maximum absolute atomic E-state index is 11.6. The quantitative estimate of drug-likeness (QED) is 0.634. The summed E-state index contributed by atoms with van der Waals surface area (Å²) < 4.78 is 0. The second kappa shape index (κ2) is 9.80. The summed E-state index contributed by atoms with van der Waals surface area (Å²) in [4.78, 5) is 26.7. The van der Waals surface area contributed by atoms with Gasteiger partial charge in [0, 0.05) is 74.5 Å². The number of hydrogen-bond acceptors (Lipinski definition) is 7. The predicted octanol–water partition coefficient (Wildman–Crippen LogP) is 1.04. The van der Waals surface area contributed by atoms with Crippen molar-refractivity contribution in [1.82, 2.24) is 25.2 Å². The standard InChI is InChI=1S/C23H31N5O3/c1-15(30)28-9-5-17(6-10-28)26-21-12-22(31)20(14-29)19(21)11-18-4-8-25-23(27-18)16-3-2-7-24-13-16/h2-4,7-8,13,17,19-22,26,29,31H,5-6,9-12,14H2,1H3/t19-,20-,21-,22-/m1/s1. The predicted molar refractivity (Wildman–Crippen MR) is 116 cm³/mol. The highest BCUT2D eigenvalue weighted by Gasteiger charge is 2.43. The Bertz CT molecular complexity index is 873. The normalized spacial score (nSPS) is 26.9. The van der Waals surface area contributed by atoms with Gasteiger partial charge in [0.05, 0.1) is 6.10 Å². The fourth-order valence-corrected chi connectivity index (χ4v) is 4.98. The van der Waals surface area contributed by atoms with Crippen molar-refractivity contribution < 1.29 is 15.0 Å². The third kappa shape index (κ3) is 5.08. The molecular formula is C23H31N5O3. The number of aromatic nitrogens is 3. The third-order valence-electron chi connectivity index (χ3n) is 6.74. The molecule has 2 aromatic rings. The number of amides is 1. The van der Waals surface area contributed by atoms with E-state index in [1.54, 1.807) is 25.5 Å². The molecule has 1 aliphatic heterocycles. The van der Waals surface area contributed by atoms with Gasteiger partial charge in [0.25, 0.3) is 0 Å². The first-order valence-corrected chi connectivity index (χ1v) is 11.1. The SMILES string of the molecule is CC(=O)N1CCC(N[C@@H]2C[C@@H](O)[C@H](CO)[C@H]2Cc2ccnc(-c3cccnc3)n2)CC1. The molecule has 4 atom stereocenters. The highest BCUT2D eigenvalue weighted by molar-refractivity contribution is 5.73. The molecule has 2 aliphatic rings. The summed E-state index contributed by atoms with van der Waals surface area (Å²) >= 11 is 0. The maximum Gasteiger partial charge on any atom is 0.219 e. The smallest absolute Gasteiger partial charge is 0.219 e. The number of carbonyl (C=O) groups excluding carboxylic acids is 1. The number of aliphatic hydroxyl groups excluding tert-OH is 2. The van der Waals surface area contributed by atoms with Crippen LogP contribution in [0.4, 0.5) is 0 Å². The van der Waals surface area contributed by atoms with E-state index in [0.717, 1.165) is 37.2 Å². The lowest BCUT2D eigenvalue weighted by atomic mass is 9.88. The fourth-order valence-electron chi connectivity index (χ4n) is 4.98. The van der Waals surface area contributed by atoms with Crippen LogP contribution in [0.3, 0.4) is 0 Å². The van der Waals surface area contributed by atoms with Gasteiger partial charge in [0.15, 0.2) is 5.82 Å². The molecule has 0 bridgehead atoms. The number of carbonyl (C=O) groups is 1. The lowest BCUT2D eigenvalue weighted by Gasteiger charge is -2.35. The largest absolute Gasteiger partial charge is 0.396 e. The molecule has 31 heavy (non-hydrogen) atoms. The molecule has 3 N–H and O–H groups in total. The summed E-state index contributed by atoms with van der Waals surface area (Å²) in [6, 6.07) is 6.10. The summed E-state index contributed by atoms with van der Waals surface area (Å²) in [6.45, 7) is 3.09. The molecule has 0 aromatic carbocycles. The number of aliphatic hydroxyl groups is 2. The first-order valence-electron chi connectivity index (χ1n) is 11.1. The van der Waals surface area contributed by atoms with Gasteiger partial charge in [-0.15, -0.1) is 0 Å². The summed E-state index contributed by atoms with van der Waals surface area (Å²) in [7, 11) is 0. The minimum atomic E-state index is -0.538. The maximum atomic E-state index is 11.6. The molecular weight excluding hydrogens is 394 g/mol. The summed E-state index contributed by atoms with van der Waals surface area (Å²) in [5.41, 5.74) is 1.76. The molecule has 2 aromatic heterocycles. The van der Waals surface area contributed by atoms with Crippen LogP contribution in [0.1, 0.15) is 31.9 Å². The molecule has 0 unspecified atom stereocenters. The van der Waals surface area contributed by atoms with E-state index in [2.05, 4.69) is 15.3 Å². The van der Waals surface area contributed by atoms with Crippen LogP contribution in [0.2, 0.25) is 0 Å². The Kier molecular flexibility index (Phi) is 6.89. The van der Waals surface area contributed by atoms with Gasteiger partial charge in [-0.1, -0.05) is 0 Å². The lowest BCUT2D eigenvalue weighted by Crippen LogP contribution is -2.49. The van der Waals surface area contributed by atoms with Crippen molar-refractivity contribution >= 4 is 5.91 Å². The topological polar surface area (TPSA) is 111 Å². The van der Waals surface area contributed by atoms with E-state index < -0.39 is 6.10 Å². The third-order valence-corrected chi connectivity index (χ3v) is 6.74. The summed E-state index contributed by atoms with van der Waals surface area (Å²) in [6.07, 6.45) is 7.76. The minimum absolute atomic E-state index is 0.0483. The molecule has 1 saturated carbocycles. The Morgan fingerprint density at radius 2 is 2.03 bits per heavy atom. The minimum Gasteiger partial charge on any atom is -0.396 e. The van der Waals surface area contributed by atoms with Crippen LogP contribution in [-0.4, -0.2) is 73.9 Å². The van der Waals surface area contributed by atoms with E-state index in [1.807, 2.05) is 23.1 Å². The van der Waals surface area contributed by atoms with E-state index in [4.69, 9.17) is 4.98 Å². The number of likely N-dealkylation sites (tertiary alicyclic amines) is 1. The van der Waals surface area contributed by atoms with E-state index in [9.17, 15) is 15.0 Å². The van der Waals surface area contributed by atoms with Crippen LogP contribution < -0.4 is 5.32 Å². The zero-order chi connectivity index (χ0) is 21.8. The van der Waals surface area contributed by atoms with Crippen molar-refractivity contribution in [2.75, 3.05) is 19.7 Å². The van der Waals surface area contributed by atoms with Crippen LogP contribution in [0.15, 0.2) is 36.8 Å². The van der Waals surface area contributed by atoms with Gasteiger partial charge in [0.1, 0.15) is 0 Å². The number of piperidine rings is 1. The molecule has 1 amide bonds. The fraction of sp³-hybridized carbons (Fsp3) is 0.565. The Morgan fingerprint density at radius 1 is 1.23 bits per heavy atom. The van der Waals surface area contributed by atoms with Crippen molar-refractivity contribution in [3.63, 3.8) is 0 Å². The number of hydrogen-bond donors (Lipinski definition) is 3. The second-order valence-electron chi connectivity index (χ2n) is 8.68. The Labute approximate surface area is 182 Å². The van der Waals surface area contributed by atoms with Gasteiger partial charge in [-0.2, -0.15) is 0 Å². The Hall–Kier alpha value is -2.42. The number of pyridine rings is 1. The highest BCUT2D eigenvalue weighted by atomic mass is 16.3.